The fourth-order valence-electron chi connectivity index (χ4n) is 2.74. The van der Waals surface area contributed by atoms with Crippen molar-refractivity contribution < 1.29 is 23.8 Å². The Morgan fingerprint density at radius 3 is 2.92 bits per heavy atom. The van der Waals surface area contributed by atoms with Gasteiger partial charge in [0.25, 0.3) is 5.91 Å². The summed E-state index contributed by atoms with van der Waals surface area (Å²) in [7, 11) is 1.30. The summed E-state index contributed by atoms with van der Waals surface area (Å²) in [6.45, 7) is 2.87. The van der Waals surface area contributed by atoms with Gasteiger partial charge in [0.1, 0.15) is 0 Å². The molecule has 1 aromatic rings. The molecule has 0 bridgehead atoms. The molecule has 1 aliphatic carbocycles. The predicted molar refractivity (Wildman–Crippen MR) is 91.7 cm³/mol. The van der Waals surface area contributed by atoms with Crippen molar-refractivity contribution in [2.75, 3.05) is 45.3 Å². The van der Waals surface area contributed by atoms with Gasteiger partial charge in [-0.2, -0.15) is 0 Å². The Labute approximate surface area is 147 Å². The molecule has 3 rings (SSSR count). The summed E-state index contributed by atoms with van der Waals surface area (Å²) in [5.41, 5.74) is 1.05. The van der Waals surface area contributed by atoms with Gasteiger partial charge < -0.3 is 19.1 Å². The molecule has 1 atom stereocenters. The number of amides is 2. The van der Waals surface area contributed by atoms with Crippen molar-refractivity contribution in [1.82, 2.24) is 4.90 Å². The van der Waals surface area contributed by atoms with E-state index in [0.29, 0.717) is 43.5 Å². The van der Waals surface area contributed by atoms with Crippen LogP contribution in [-0.4, -0.2) is 63.0 Å². The summed E-state index contributed by atoms with van der Waals surface area (Å²) in [5, 5.41) is 2.57. The molecule has 1 saturated carbocycles. The van der Waals surface area contributed by atoms with Gasteiger partial charge in [-0.25, -0.2) is 4.79 Å². The van der Waals surface area contributed by atoms with Crippen LogP contribution in [0.15, 0.2) is 24.3 Å². The maximum Gasteiger partial charge on any atom is 0.411 e. The van der Waals surface area contributed by atoms with Gasteiger partial charge in [-0.15, -0.1) is 0 Å². The van der Waals surface area contributed by atoms with Gasteiger partial charge in [-0.1, -0.05) is 6.07 Å². The van der Waals surface area contributed by atoms with Crippen LogP contribution in [0.1, 0.15) is 23.2 Å². The Balaban J connectivity index is 1.55. The molecule has 2 fully saturated rings. The second-order valence-corrected chi connectivity index (χ2v) is 6.42. The molecule has 1 N–H and O–H groups in total. The van der Waals surface area contributed by atoms with Crippen LogP contribution in [0.2, 0.25) is 0 Å². The third kappa shape index (κ3) is 5.17. The number of carbonyl (C=O) groups excluding carboxylic acids is 2. The maximum absolute atomic E-state index is 12.7. The van der Waals surface area contributed by atoms with Crippen molar-refractivity contribution >= 4 is 17.7 Å². The Hall–Kier alpha value is -2.12. The van der Waals surface area contributed by atoms with E-state index in [-0.39, 0.29) is 12.0 Å². The lowest BCUT2D eigenvalue weighted by Crippen LogP contribution is -2.47. The van der Waals surface area contributed by atoms with Crippen LogP contribution < -0.4 is 5.32 Å². The Morgan fingerprint density at radius 2 is 2.16 bits per heavy atom. The van der Waals surface area contributed by atoms with Crippen molar-refractivity contribution in [3.63, 3.8) is 0 Å². The topological polar surface area (TPSA) is 77.1 Å². The molecule has 0 aromatic heterocycles. The fraction of sp³-hybridized carbons (Fsp3) is 0.556. The average Bonchev–Trinajstić information content (AvgIpc) is 3.46. The highest BCUT2D eigenvalue weighted by Crippen LogP contribution is 2.28. The Bertz CT molecular complexity index is 617. The van der Waals surface area contributed by atoms with Crippen LogP contribution in [0, 0.1) is 5.92 Å². The van der Waals surface area contributed by atoms with Gasteiger partial charge in [-0.3, -0.25) is 10.1 Å². The summed E-state index contributed by atoms with van der Waals surface area (Å²) in [6, 6.07) is 6.82. The van der Waals surface area contributed by atoms with Crippen molar-refractivity contribution in [3.05, 3.63) is 29.8 Å². The molecular weight excluding hydrogens is 324 g/mol. The van der Waals surface area contributed by atoms with Crippen molar-refractivity contribution in [2.45, 2.75) is 18.9 Å². The third-order valence-electron chi connectivity index (χ3n) is 4.32. The summed E-state index contributed by atoms with van der Waals surface area (Å²) in [5.74, 6) is 0.635. The first-order valence-electron chi connectivity index (χ1n) is 8.59. The van der Waals surface area contributed by atoms with Gasteiger partial charge in [0, 0.05) is 30.9 Å². The van der Waals surface area contributed by atoms with E-state index in [0.717, 1.165) is 6.61 Å². The molecule has 0 unspecified atom stereocenters. The number of carbonyl (C=O) groups is 2. The number of ether oxygens (including phenoxy) is 3. The molecule has 0 spiro atoms. The number of nitrogens with zero attached hydrogens (tertiary/aromatic N) is 1. The lowest BCUT2D eigenvalue weighted by atomic mass is 10.1. The van der Waals surface area contributed by atoms with Gasteiger partial charge in [0.2, 0.25) is 0 Å². The molecule has 2 amide bonds. The van der Waals surface area contributed by atoms with Crippen LogP contribution in [0.25, 0.3) is 0 Å². The number of hydrogen-bond donors (Lipinski definition) is 1. The highest BCUT2D eigenvalue weighted by Gasteiger charge is 2.27. The predicted octanol–water partition coefficient (Wildman–Crippen LogP) is 2.13. The Morgan fingerprint density at radius 1 is 1.32 bits per heavy atom. The third-order valence-corrected chi connectivity index (χ3v) is 4.32. The largest absolute Gasteiger partial charge is 0.453 e. The second-order valence-electron chi connectivity index (χ2n) is 6.42. The maximum atomic E-state index is 12.7. The van der Waals surface area contributed by atoms with E-state index in [1.54, 1.807) is 29.2 Å². The van der Waals surface area contributed by atoms with E-state index >= 15 is 0 Å². The van der Waals surface area contributed by atoms with Gasteiger partial charge in [-0.05, 0) is 37.0 Å². The number of rotatable bonds is 6. The fourth-order valence-corrected chi connectivity index (χ4v) is 2.74. The number of hydrogen-bond acceptors (Lipinski definition) is 5. The van der Waals surface area contributed by atoms with Crippen LogP contribution >= 0.6 is 0 Å². The minimum Gasteiger partial charge on any atom is -0.453 e. The van der Waals surface area contributed by atoms with Crippen LogP contribution in [0.5, 0.6) is 0 Å². The summed E-state index contributed by atoms with van der Waals surface area (Å²) in [6.07, 6.45) is 1.86. The molecule has 7 heteroatoms. The van der Waals surface area contributed by atoms with Gasteiger partial charge >= 0.3 is 6.09 Å². The average molecular weight is 348 g/mol. The first-order chi connectivity index (χ1) is 12.2. The van der Waals surface area contributed by atoms with E-state index in [9.17, 15) is 9.59 Å². The van der Waals surface area contributed by atoms with Crippen LogP contribution in [0.3, 0.4) is 0 Å². The summed E-state index contributed by atoms with van der Waals surface area (Å²) >= 11 is 0. The summed E-state index contributed by atoms with van der Waals surface area (Å²) in [4.78, 5) is 25.8. The SMILES string of the molecule is COC(=O)Nc1cccc(C(=O)N2CCO[C@@H](COCC3CC3)C2)c1. The lowest BCUT2D eigenvalue weighted by Gasteiger charge is -2.33. The standard InChI is InChI=1S/C18H24N2O5/c1-23-18(22)19-15-4-2-3-14(9-15)17(21)20-7-8-25-16(10-20)12-24-11-13-5-6-13/h2-4,9,13,16H,5-8,10-12H2,1H3,(H,19,22)/t16-/m1/s1. The van der Waals surface area contributed by atoms with Gasteiger partial charge in [0.15, 0.2) is 0 Å². The molecule has 1 aromatic carbocycles. The number of anilines is 1. The smallest absolute Gasteiger partial charge is 0.411 e. The molecule has 25 heavy (non-hydrogen) atoms. The molecule has 1 aliphatic heterocycles. The Kier molecular flexibility index (Phi) is 5.88. The zero-order chi connectivity index (χ0) is 17.6. The van der Waals surface area contributed by atoms with Crippen molar-refractivity contribution in [2.24, 2.45) is 5.92 Å². The first-order valence-corrected chi connectivity index (χ1v) is 8.59. The number of benzene rings is 1. The summed E-state index contributed by atoms with van der Waals surface area (Å²) < 4.78 is 15.9. The van der Waals surface area contributed by atoms with E-state index in [1.165, 1.54) is 20.0 Å². The molecule has 1 saturated heterocycles. The van der Waals surface area contributed by atoms with E-state index in [2.05, 4.69) is 10.1 Å². The quantitative estimate of drug-likeness (QED) is 0.852. The van der Waals surface area contributed by atoms with Crippen LogP contribution in [0.4, 0.5) is 10.5 Å². The molecule has 136 valence electrons. The molecule has 1 heterocycles. The van der Waals surface area contributed by atoms with Crippen molar-refractivity contribution in [1.29, 1.82) is 0 Å². The first kappa shape index (κ1) is 17.7. The van der Waals surface area contributed by atoms with E-state index < -0.39 is 6.09 Å². The molecule has 7 nitrogen and oxygen atoms in total. The number of methoxy groups -OCH3 is 1. The van der Waals surface area contributed by atoms with E-state index in [1.807, 2.05) is 0 Å². The lowest BCUT2D eigenvalue weighted by molar-refractivity contribution is -0.0628. The monoisotopic (exact) mass is 348 g/mol. The number of morpholine rings is 1. The van der Waals surface area contributed by atoms with E-state index in [4.69, 9.17) is 9.47 Å². The molecular formula is C18H24N2O5. The molecule has 2 aliphatic rings. The van der Waals surface area contributed by atoms with Crippen molar-refractivity contribution in [3.8, 4) is 0 Å². The highest BCUT2D eigenvalue weighted by atomic mass is 16.5. The molecule has 0 radical (unpaired) electrons. The highest BCUT2D eigenvalue weighted by molar-refractivity contribution is 5.96. The zero-order valence-corrected chi connectivity index (χ0v) is 14.4. The minimum atomic E-state index is -0.566. The van der Waals surface area contributed by atoms with Crippen LogP contribution in [-0.2, 0) is 14.2 Å². The second kappa shape index (κ2) is 8.31. The normalized spacial score (nSPS) is 20.2. The zero-order valence-electron chi connectivity index (χ0n) is 14.4. The number of nitrogens with one attached hydrogen (secondary N) is 1. The minimum absolute atomic E-state index is 0.0796. The van der Waals surface area contributed by atoms with Gasteiger partial charge in [0.05, 0.1) is 26.4 Å².